The molecule has 0 spiro atoms. The van der Waals surface area contributed by atoms with E-state index < -0.39 is 147 Å². The molecule has 1 saturated carbocycles. The highest BCUT2D eigenvalue weighted by molar-refractivity contribution is 5.84. The van der Waals surface area contributed by atoms with E-state index in [1.54, 1.807) is 0 Å². The Labute approximate surface area is 286 Å². The van der Waals surface area contributed by atoms with Crippen molar-refractivity contribution in [3.8, 4) is 0 Å². The Morgan fingerprint density at radius 1 is 0.800 bits per heavy atom. The van der Waals surface area contributed by atoms with Gasteiger partial charge in [0.25, 0.3) is 5.92 Å². The summed E-state index contributed by atoms with van der Waals surface area (Å²) in [5.74, 6) is -6.15. The molecule has 0 aromatic rings. The van der Waals surface area contributed by atoms with E-state index in [0.717, 1.165) is 6.92 Å². The second-order valence-electron chi connectivity index (χ2n) is 13.4. The number of hydrogen-bond donors (Lipinski definition) is 12. The van der Waals surface area contributed by atoms with Crippen LogP contribution in [0.25, 0.3) is 0 Å². The first-order chi connectivity index (χ1) is 23.5. The van der Waals surface area contributed by atoms with Gasteiger partial charge in [-0.3, -0.25) is 4.79 Å². The number of alkyl halides is 2. The van der Waals surface area contributed by atoms with Crippen LogP contribution in [0.4, 0.5) is 8.78 Å². The zero-order chi connectivity index (χ0) is 37.2. The lowest BCUT2D eigenvalue weighted by atomic mass is 9.76. The molecule has 1 aliphatic carbocycles. The maximum atomic E-state index is 14.2. The first kappa shape index (κ1) is 41.6. The molecule has 3 aliphatic heterocycles. The third kappa shape index (κ3) is 8.77. The average molecular weight is 734 g/mol. The van der Waals surface area contributed by atoms with Gasteiger partial charge < -0.3 is 92.8 Å². The van der Waals surface area contributed by atoms with Crippen molar-refractivity contribution in [3.05, 3.63) is 0 Å². The fraction of sp³-hybridized carbons (Fsp3) is 0.966. The van der Waals surface area contributed by atoms with Crippen molar-refractivity contribution in [2.24, 2.45) is 34.6 Å². The summed E-state index contributed by atoms with van der Waals surface area (Å²) in [4.78, 5) is 12.7. The minimum absolute atomic E-state index is 0.000242. The number of aliphatic hydroxyl groups excluding tert-OH is 7. The minimum Gasteiger partial charge on any atom is -0.394 e. The number of hydrogen-bond acceptors (Lipinski definition) is 19. The molecule has 17 N–H and O–H groups in total. The number of carbonyl (C=O) groups excluding carboxylic acids is 1. The molecule has 292 valence electrons. The molecular formula is C29H53F2N5O14. The van der Waals surface area contributed by atoms with Gasteiger partial charge in [-0.05, 0) is 12.3 Å². The number of ketones is 1. The normalized spacial score (nSPS) is 46.5. The first-order valence-corrected chi connectivity index (χ1v) is 16.7. The lowest BCUT2D eigenvalue weighted by Crippen LogP contribution is -2.64. The Morgan fingerprint density at radius 3 is 2.00 bits per heavy atom. The van der Waals surface area contributed by atoms with E-state index in [2.05, 4.69) is 0 Å². The van der Waals surface area contributed by atoms with Gasteiger partial charge in [0.05, 0.1) is 37.0 Å². The molecule has 4 aliphatic rings. The van der Waals surface area contributed by atoms with Gasteiger partial charge in [0.1, 0.15) is 48.8 Å². The Balaban J connectivity index is 1.58. The third-order valence-corrected chi connectivity index (χ3v) is 9.96. The maximum Gasteiger partial charge on any atom is 0.280 e. The van der Waals surface area contributed by atoms with Crippen LogP contribution in [0.1, 0.15) is 32.6 Å². The molecule has 0 radical (unpaired) electrons. The summed E-state index contributed by atoms with van der Waals surface area (Å²) in [6.45, 7) is 0.127. The average Bonchev–Trinajstić information content (AvgIpc) is 3.39. The van der Waals surface area contributed by atoms with Crippen LogP contribution in [-0.4, -0.2) is 177 Å². The summed E-state index contributed by atoms with van der Waals surface area (Å²) in [6.07, 6.45) is -23.8. The standard InChI is InChI=1S/C29H53F2N5O14/c1-2-29(30,31)25(44)13(39)4-9-3-11(34)22(48-26-16(35)12(38)5-10(6-32)45-26)24(18(9)40)50-28-21(43)23(15(8-37)47-28)49-27-17(36)20(42)19(41)14(7-33)46-27/h9-12,14-28,37-38,40-44H,2-8,32-36H2,1H3/t9-,10-,11-,12+,14-,15+,16+,17+,18-,19+,20+,21+,22+,23+,24+,25?,26+,27+,28-/m0/s1. The molecule has 3 heterocycles. The fourth-order valence-corrected chi connectivity index (χ4v) is 6.75. The zero-order valence-corrected chi connectivity index (χ0v) is 27.6. The van der Waals surface area contributed by atoms with E-state index in [1.165, 1.54) is 0 Å². The van der Waals surface area contributed by atoms with Crippen molar-refractivity contribution in [3.63, 3.8) is 0 Å². The number of ether oxygens (including phenoxy) is 6. The minimum atomic E-state index is -3.73. The molecular weight excluding hydrogens is 680 g/mol. The van der Waals surface area contributed by atoms with E-state index in [9.17, 15) is 49.3 Å². The molecule has 19 atom stereocenters. The molecule has 4 rings (SSSR count). The smallest absolute Gasteiger partial charge is 0.280 e. The number of Topliss-reactive ketones (excluding diaryl/α,β-unsaturated/α-hetero) is 1. The summed E-state index contributed by atoms with van der Waals surface area (Å²) < 4.78 is 63.3. The van der Waals surface area contributed by atoms with Gasteiger partial charge >= 0.3 is 0 Å². The van der Waals surface area contributed by atoms with Gasteiger partial charge in [0.2, 0.25) is 0 Å². The molecule has 0 bridgehead atoms. The van der Waals surface area contributed by atoms with Crippen LogP contribution in [0.5, 0.6) is 0 Å². The highest BCUT2D eigenvalue weighted by Crippen LogP contribution is 2.38. The number of nitrogens with two attached hydrogens (primary N) is 5. The summed E-state index contributed by atoms with van der Waals surface area (Å²) in [5, 5.41) is 74.0. The molecule has 0 aromatic carbocycles. The van der Waals surface area contributed by atoms with Gasteiger partial charge in [-0.2, -0.15) is 0 Å². The van der Waals surface area contributed by atoms with Crippen molar-refractivity contribution in [1.82, 2.24) is 0 Å². The van der Waals surface area contributed by atoms with Crippen molar-refractivity contribution in [2.75, 3.05) is 19.7 Å². The largest absolute Gasteiger partial charge is 0.394 e. The maximum absolute atomic E-state index is 14.2. The van der Waals surface area contributed by atoms with E-state index >= 15 is 0 Å². The Hall–Kier alpha value is -1.19. The quantitative estimate of drug-likeness (QED) is 0.0790. The van der Waals surface area contributed by atoms with Crippen molar-refractivity contribution in [1.29, 1.82) is 0 Å². The lowest BCUT2D eigenvalue weighted by molar-refractivity contribution is -0.298. The van der Waals surface area contributed by atoms with Crippen molar-refractivity contribution >= 4 is 5.78 Å². The second-order valence-corrected chi connectivity index (χ2v) is 13.4. The number of rotatable bonds is 14. The zero-order valence-electron chi connectivity index (χ0n) is 27.6. The van der Waals surface area contributed by atoms with Crippen LogP contribution >= 0.6 is 0 Å². The summed E-state index contributed by atoms with van der Waals surface area (Å²) >= 11 is 0. The first-order valence-electron chi connectivity index (χ1n) is 16.7. The monoisotopic (exact) mass is 733 g/mol. The van der Waals surface area contributed by atoms with Crippen molar-refractivity contribution in [2.45, 2.75) is 149 Å². The van der Waals surface area contributed by atoms with Crippen LogP contribution in [-0.2, 0) is 33.2 Å². The lowest BCUT2D eigenvalue weighted by Gasteiger charge is -2.47. The SMILES string of the molecule is CCC(F)(F)C(O)C(=O)C[C@@H]1C[C@H](N)[C@@H](O[C@H]2O[C@H](CN)C[C@@H](O)[C@H]2N)[C@H](O[C@@H]2O[C@H](CO)[C@@H](O[C@H]3O[C@@H](CN)[C@@H](O)[C@H](O)[C@H]3N)[C@H]2O)[C@H]1O. The number of halogens is 2. The van der Waals surface area contributed by atoms with E-state index in [-0.39, 0.29) is 25.9 Å². The molecule has 3 saturated heterocycles. The highest BCUT2D eigenvalue weighted by Gasteiger charge is 2.55. The van der Waals surface area contributed by atoms with E-state index in [1.807, 2.05) is 0 Å². The molecule has 0 aromatic heterocycles. The van der Waals surface area contributed by atoms with Gasteiger partial charge in [-0.1, -0.05) is 6.92 Å². The number of aliphatic hydroxyl groups is 7. The van der Waals surface area contributed by atoms with Gasteiger partial charge in [-0.25, -0.2) is 8.78 Å². The molecule has 19 nitrogen and oxygen atoms in total. The topological polar surface area (TPSA) is 344 Å². The fourth-order valence-electron chi connectivity index (χ4n) is 6.75. The summed E-state index contributed by atoms with van der Waals surface area (Å²) in [5.41, 5.74) is 29.9. The molecule has 50 heavy (non-hydrogen) atoms. The van der Waals surface area contributed by atoms with Crippen LogP contribution < -0.4 is 28.7 Å². The summed E-state index contributed by atoms with van der Waals surface area (Å²) in [6, 6.07) is -3.54. The predicted octanol–water partition coefficient (Wildman–Crippen LogP) is -6.21. The predicted molar refractivity (Wildman–Crippen MR) is 163 cm³/mol. The molecule has 0 amide bonds. The molecule has 1 unspecified atom stereocenters. The van der Waals surface area contributed by atoms with Crippen LogP contribution in [0, 0.1) is 5.92 Å². The molecule has 4 fully saturated rings. The van der Waals surface area contributed by atoms with E-state index in [4.69, 9.17) is 57.1 Å². The Bertz CT molecular complexity index is 1110. The van der Waals surface area contributed by atoms with Crippen LogP contribution in [0.3, 0.4) is 0 Å². The third-order valence-electron chi connectivity index (χ3n) is 9.96. The highest BCUT2D eigenvalue weighted by atomic mass is 19.3. The number of carbonyl (C=O) groups is 1. The van der Waals surface area contributed by atoms with Crippen LogP contribution in [0.15, 0.2) is 0 Å². The van der Waals surface area contributed by atoms with Crippen LogP contribution in [0.2, 0.25) is 0 Å². The van der Waals surface area contributed by atoms with Gasteiger partial charge in [-0.15, -0.1) is 0 Å². The van der Waals surface area contributed by atoms with Crippen molar-refractivity contribution < 1.29 is 77.7 Å². The van der Waals surface area contributed by atoms with Gasteiger partial charge in [0.15, 0.2) is 30.8 Å². The Kier molecular flexibility index (Phi) is 14.4. The summed E-state index contributed by atoms with van der Waals surface area (Å²) in [7, 11) is 0. The van der Waals surface area contributed by atoms with Gasteiger partial charge in [0, 0.05) is 38.4 Å². The second kappa shape index (κ2) is 17.3. The Morgan fingerprint density at radius 2 is 1.40 bits per heavy atom. The van der Waals surface area contributed by atoms with E-state index in [0.29, 0.717) is 0 Å². The molecule has 21 heteroatoms.